The van der Waals surface area contributed by atoms with Crippen molar-refractivity contribution in [2.24, 2.45) is 22.7 Å². The molecule has 0 aromatic heterocycles. The van der Waals surface area contributed by atoms with Gasteiger partial charge >= 0.3 is 0 Å². The molecule has 2 nitrogen and oxygen atoms in total. The molecular formula is C20H32O2. The van der Waals surface area contributed by atoms with Crippen molar-refractivity contribution in [3.8, 4) is 0 Å². The highest BCUT2D eigenvalue weighted by Gasteiger charge is 2.50. The van der Waals surface area contributed by atoms with Gasteiger partial charge in [-0.15, -0.1) is 0 Å². The third-order valence-corrected chi connectivity index (χ3v) is 7.12. The van der Waals surface area contributed by atoms with Crippen LogP contribution in [0.15, 0.2) is 11.6 Å². The molecule has 5 atom stereocenters. The van der Waals surface area contributed by atoms with E-state index >= 15 is 0 Å². The number of aliphatic hydroxyl groups is 1. The first-order valence-electron chi connectivity index (χ1n) is 9.30. The van der Waals surface area contributed by atoms with Crippen LogP contribution in [-0.4, -0.2) is 17.0 Å². The van der Waals surface area contributed by atoms with E-state index in [1.807, 2.05) is 0 Å². The minimum atomic E-state index is -0.130. The molecule has 0 aromatic rings. The van der Waals surface area contributed by atoms with E-state index in [4.69, 9.17) is 0 Å². The number of fused-ring (bicyclic) bond motifs is 1. The molecule has 22 heavy (non-hydrogen) atoms. The number of rotatable bonds is 3. The van der Waals surface area contributed by atoms with E-state index in [-0.39, 0.29) is 16.9 Å². The van der Waals surface area contributed by atoms with Crippen LogP contribution in [0.25, 0.3) is 0 Å². The standard InChI is InChI=1S/C20H32O2/c1-4-10-20(3)17(7-8-18(20)22)14-5-6-15-12-16(21)9-11-19(15,2)13-14/h6,14,16-17,21H,4-5,7-13H2,1-3H3. The number of ketones is 1. The highest BCUT2D eigenvalue weighted by atomic mass is 16.3. The molecular weight excluding hydrogens is 272 g/mol. The summed E-state index contributed by atoms with van der Waals surface area (Å²) in [6.45, 7) is 6.84. The van der Waals surface area contributed by atoms with Gasteiger partial charge in [-0.25, -0.2) is 0 Å². The van der Waals surface area contributed by atoms with Gasteiger partial charge in [0.15, 0.2) is 0 Å². The molecule has 0 heterocycles. The smallest absolute Gasteiger partial charge is 0.139 e. The van der Waals surface area contributed by atoms with Crippen LogP contribution < -0.4 is 0 Å². The van der Waals surface area contributed by atoms with Crippen molar-refractivity contribution in [3.63, 3.8) is 0 Å². The molecule has 0 amide bonds. The highest BCUT2D eigenvalue weighted by molar-refractivity contribution is 5.87. The van der Waals surface area contributed by atoms with Crippen molar-refractivity contribution in [3.05, 3.63) is 11.6 Å². The predicted molar refractivity (Wildman–Crippen MR) is 89.5 cm³/mol. The first kappa shape index (κ1) is 16.2. The van der Waals surface area contributed by atoms with Crippen LogP contribution >= 0.6 is 0 Å². The molecule has 0 bridgehead atoms. The lowest BCUT2D eigenvalue weighted by atomic mass is 9.58. The Hall–Kier alpha value is -0.630. The van der Waals surface area contributed by atoms with Crippen LogP contribution in [0.3, 0.4) is 0 Å². The molecule has 2 heteroatoms. The van der Waals surface area contributed by atoms with Crippen LogP contribution in [0.2, 0.25) is 0 Å². The minimum Gasteiger partial charge on any atom is -0.393 e. The number of Topliss-reactive ketones (excluding diaryl/α,β-unsaturated/α-hetero) is 1. The number of allylic oxidation sites excluding steroid dienone is 1. The molecule has 0 saturated heterocycles. The van der Waals surface area contributed by atoms with Crippen molar-refractivity contribution in [2.75, 3.05) is 0 Å². The second kappa shape index (κ2) is 5.78. The third kappa shape index (κ3) is 2.58. The molecule has 0 aliphatic heterocycles. The summed E-state index contributed by atoms with van der Waals surface area (Å²) in [5.41, 5.74) is 1.69. The fraction of sp³-hybridized carbons (Fsp3) is 0.850. The van der Waals surface area contributed by atoms with E-state index in [0.717, 1.165) is 51.4 Å². The number of aliphatic hydroxyl groups excluding tert-OH is 1. The summed E-state index contributed by atoms with van der Waals surface area (Å²) in [4.78, 5) is 12.5. The molecule has 124 valence electrons. The van der Waals surface area contributed by atoms with Gasteiger partial charge < -0.3 is 5.11 Å². The van der Waals surface area contributed by atoms with E-state index in [2.05, 4.69) is 26.8 Å². The van der Waals surface area contributed by atoms with Crippen LogP contribution in [0.4, 0.5) is 0 Å². The number of carbonyl (C=O) groups is 1. The predicted octanol–water partition coefficient (Wildman–Crippen LogP) is 4.66. The van der Waals surface area contributed by atoms with Gasteiger partial charge in [0.05, 0.1) is 6.10 Å². The zero-order valence-electron chi connectivity index (χ0n) is 14.5. The summed E-state index contributed by atoms with van der Waals surface area (Å²) in [7, 11) is 0. The van der Waals surface area contributed by atoms with Gasteiger partial charge in [0.1, 0.15) is 5.78 Å². The first-order chi connectivity index (χ1) is 10.4. The summed E-state index contributed by atoms with van der Waals surface area (Å²) in [6, 6.07) is 0. The molecule has 3 aliphatic carbocycles. The highest BCUT2D eigenvalue weighted by Crippen LogP contribution is 2.56. The molecule has 2 saturated carbocycles. The monoisotopic (exact) mass is 304 g/mol. The van der Waals surface area contributed by atoms with Gasteiger partial charge in [0, 0.05) is 11.8 Å². The SMILES string of the molecule is CCCC1(C)C(=O)CCC1C1CC=C2CC(O)CCC2(C)C1. The fourth-order valence-electron chi connectivity index (χ4n) is 5.77. The van der Waals surface area contributed by atoms with E-state index in [1.54, 1.807) is 0 Å². The van der Waals surface area contributed by atoms with Crippen LogP contribution in [0, 0.1) is 22.7 Å². The maximum atomic E-state index is 12.5. The maximum absolute atomic E-state index is 12.5. The summed E-state index contributed by atoms with van der Waals surface area (Å²) in [5, 5.41) is 9.94. The topological polar surface area (TPSA) is 37.3 Å². The van der Waals surface area contributed by atoms with E-state index < -0.39 is 0 Å². The Bertz CT molecular complexity index is 480. The number of hydrogen-bond donors (Lipinski definition) is 1. The lowest BCUT2D eigenvalue weighted by molar-refractivity contribution is -0.127. The Kier molecular flexibility index (Phi) is 4.26. The van der Waals surface area contributed by atoms with Crippen molar-refractivity contribution >= 4 is 5.78 Å². The average molecular weight is 304 g/mol. The fourth-order valence-corrected chi connectivity index (χ4v) is 5.77. The Morgan fingerprint density at radius 3 is 2.82 bits per heavy atom. The van der Waals surface area contributed by atoms with Crippen LogP contribution in [0.5, 0.6) is 0 Å². The minimum absolute atomic E-state index is 0.0741. The molecule has 5 unspecified atom stereocenters. The second-order valence-electron chi connectivity index (χ2n) is 8.62. The van der Waals surface area contributed by atoms with Gasteiger partial charge in [-0.3, -0.25) is 4.79 Å². The van der Waals surface area contributed by atoms with Crippen molar-refractivity contribution in [1.29, 1.82) is 0 Å². The van der Waals surface area contributed by atoms with Gasteiger partial charge in [0.25, 0.3) is 0 Å². The van der Waals surface area contributed by atoms with Gasteiger partial charge in [-0.05, 0) is 62.2 Å². The van der Waals surface area contributed by atoms with Gasteiger partial charge in [0.2, 0.25) is 0 Å². The lowest BCUT2D eigenvalue weighted by Gasteiger charge is -2.47. The summed E-state index contributed by atoms with van der Waals surface area (Å²) < 4.78 is 0. The first-order valence-corrected chi connectivity index (χ1v) is 9.30. The third-order valence-electron chi connectivity index (χ3n) is 7.12. The van der Waals surface area contributed by atoms with Crippen molar-refractivity contribution < 1.29 is 9.90 Å². The van der Waals surface area contributed by atoms with Gasteiger partial charge in [-0.2, -0.15) is 0 Å². The molecule has 0 aromatic carbocycles. The maximum Gasteiger partial charge on any atom is 0.139 e. The molecule has 0 radical (unpaired) electrons. The largest absolute Gasteiger partial charge is 0.393 e. The van der Waals surface area contributed by atoms with E-state index in [0.29, 0.717) is 17.6 Å². The summed E-state index contributed by atoms with van der Waals surface area (Å²) >= 11 is 0. The Balaban J connectivity index is 1.81. The van der Waals surface area contributed by atoms with Crippen molar-refractivity contribution in [1.82, 2.24) is 0 Å². The van der Waals surface area contributed by atoms with E-state index in [1.165, 1.54) is 12.0 Å². The zero-order valence-corrected chi connectivity index (χ0v) is 14.5. The number of hydrogen-bond acceptors (Lipinski definition) is 2. The van der Waals surface area contributed by atoms with Crippen molar-refractivity contribution in [2.45, 2.75) is 84.7 Å². The summed E-state index contributed by atoms with van der Waals surface area (Å²) in [6.07, 6.45) is 11.6. The Morgan fingerprint density at radius 2 is 2.09 bits per heavy atom. The molecule has 1 N–H and O–H groups in total. The lowest BCUT2D eigenvalue weighted by Crippen LogP contribution is -2.40. The quantitative estimate of drug-likeness (QED) is 0.770. The Labute approximate surface area is 135 Å². The molecule has 3 rings (SSSR count). The van der Waals surface area contributed by atoms with Crippen LogP contribution in [-0.2, 0) is 4.79 Å². The molecule has 0 spiro atoms. The molecule has 3 aliphatic rings. The van der Waals surface area contributed by atoms with E-state index in [9.17, 15) is 9.90 Å². The zero-order chi connectivity index (χ0) is 16.0. The summed E-state index contributed by atoms with van der Waals surface area (Å²) in [5.74, 6) is 1.74. The van der Waals surface area contributed by atoms with Crippen LogP contribution in [0.1, 0.15) is 78.6 Å². The molecule has 2 fully saturated rings. The Morgan fingerprint density at radius 1 is 1.32 bits per heavy atom. The van der Waals surface area contributed by atoms with Gasteiger partial charge in [-0.1, -0.05) is 38.8 Å². The average Bonchev–Trinajstić information content (AvgIpc) is 2.75. The second-order valence-corrected chi connectivity index (χ2v) is 8.62. The number of carbonyl (C=O) groups excluding carboxylic acids is 1. The normalized spacial score (nSPS) is 45.5.